The number of amides is 1. The number of benzene rings is 2. The van der Waals surface area contributed by atoms with Crippen LogP contribution in [0, 0.1) is 11.3 Å². The normalized spacial score (nSPS) is 10.5. The van der Waals surface area contributed by atoms with Gasteiger partial charge >= 0.3 is 0 Å². The van der Waals surface area contributed by atoms with Crippen molar-refractivity contribution in [2.45, 2.75) is 0 Å². The minimum Gasteiger partial charge on any atom is -0.323 e. The van der Waals surface area contributed by atoms with Crippen LogP contribution in [0.1, 0.15) is 11.1 Å². The van der Waals surface area contributed by atoms with E-state index < -0.39 is 0 Å². The summed E-state index contributed by atoms with van der Waals surface area (Å²) in [6, 6.07) is 16.6. The van der Waals surface area contributed by atoms with Gasteiger partial charge in [-0.05, 0) is 41.4 Å². The Morgan fingerprint density at radius 3 is 2.67 bits per heavy atom. The van der Waals surface area contributed by atoms with Crippen LogP contribution < -0.4 is 5.32 Å². The fraction of sp³-hybridized carbons (Fsp3) is 0. The van der Waals surface area contributed by atoms with Gasteiger partial charge in [0.15, 0.2) is 0 Å². The largest absolute Gasteiger partial charge is 0.323 e. The molecule has 0 saturated carbocycles. The maximum Gasteiger partial charge on any atom is 0.248 e. The highest BCUT2D eigenvalue weighted by Gasteiger charge is 2.03. The second kappa shape index (κ2) is 7.31. The van der Waals surface area contributed by atoms with Gasteiger partial charge in [-0.1, -0.05) is 34.8 Å². The van der Waals surface area contributed by atoms with Crippen LogP contribution in [0.25, 0.3) is 17.3 Å². The van der Waals surface area contributed by atoms with E-state index in [1.807, 2.05) is 35.7 Å². The van der Waals surface area contributed by atoms with Crippen LogP contribution in [0.4, 0.5) is 5.69 Å². The molecule has 5 nitrogen and oxygen atoms in total. The van der Waals surface area contributed by atoms with Crippen LogP contribution in [0.3, 0.4) is 0 Å². The minimum atomic E-state index is -0.259. The third-order valence-electron chi connectivity index (χ3n) is 3.30. The van der Waals surface area contributed by atoms with Gasteiger partial charge < -0.3 is 5.32 Å². The Labute approximate surface area is 143 Å². The summed E-state index contributed by atoms with van der Waals surface area (Å²) in [5, 5.41) is 17.7. The number of nitriles is 1. The molecule has 0 aliphatic heterocycles. The molecule has 1 amide bonds. The van der Waals surface area contributed by atoms with Gasteiger partial charge in [0.1, 0.15) is 5.69 Å². The highest BCUT2D eigenvalue weighted by Crippen LogP contribution is 2.20. The zero-order valence-corrected chi connectivity index (χ0v) is 13.3. The summed E-state index contributed by atoms with van der Waals surface area (Å²) < 4.78 is 3.83. The Bertz CT molecular complexity index is 909. The molecule has 1 heterocycles. The van der Waals surface area contributed by atoms with Crippen molar-refractivity contribution in [3.05, 3.63) is 71.1 Å². The summed E-state index contributed by atoms with van der Waals surface area (Å²) in [5.74, 6) is -0.259. The number of hydrogen-bond donors (Lipinski definition) is 1. The molecule has 0 spiro atoms. The lowest BCUT2D eigenvalue weighted by molar-refractivity contribution is -0.111. The van der Waals surface area contributed by atoms with Crippen molar-refractivity contribution in [3.63, 3.8) is 0 Å². The minimum absolute atomic E-state index is 0.259. The number of nitrogens with zero attached hydrogens (tertiary/aromatic N) is 3. The van der Waals surface area contributed by atoms with E-state index in [0.29, 0.717) is 16.8 Å². The molecule has 0 bridgehead atoms. The van der Waals surface area contributed by atoms with E-state index in [-0.39, 0.29) is 5.91 Å². The third-order valence-corrected chi connectivity index (χ3v) is 3.81. The van der Waals surface area contributed by atoms with E-state index >= 15 is 0 Å². The van der Waals surface area contributed by atoms with Crippen LogP contribution in [0.15, 0.2) is 60.0 Å². The molecule has 6 heteroatoms. The van der Waals surface area contributed by atoms with Gasteiger partial charge in [0.25, 0.3) is 0 Å². The van der Waals surface area contributed by atoms with Gasteiger partial charge in [0, 0.05) is 22.7 Å². The van der Waals surface area contributed by atoms with Crippen LogP contribution in [-0.4, -0.2) is 15.5 Å². The van der Waals surface area contributed by atoms with Gasteiger partial charge in [-0.3, -0.25) is 4.79 Å². The van der Waals surface area contributed by atoms with Crippen molar-refractivity contribution >= 4 is 29.2 Å². The van der Waals surface area contributed by atoms with Crippen molar-refractivity contribution in [2.24, 2.45) is 0 Å². The molecule has 0 fully saturated rings. The molecule has 116 valence electrons. The fourth-order valence-corrected chi connectivity index (χ4v) is 2.57. The predicted molar refractivity (Wildman–Crippen MR) is 94.2 cm³/mol. The number of carbonyl (C=O) groups is 1. The Morgan fingerprint density at radius 2 is 1.96 bits per heavy atom. The molecule has 0 atom stereocenters. The quantitative estimate of drug-likeness (QED) is 0.738. The highest BCUT2D eigenvalue weighted by molar-refractivity contribution is 7.03. The summed E-state index contributed by atoms with van der Waals surface area (Å²) in [4.78, 5) is 12.0. The first-order valence-electron chi connectivity index (χ1n) is 7.12. The Hall–Kier alpha value is -3.30. The van der Waals surface area contributed by atoms with E-state index in [1.54, 1.807) is 24.3 Å². The SMILES string of the molecule is N#Cc1ccccc1/C=C/C(=O)Nc1ccc(-c2csnn2)cc1. The van der Waals surface area contributed by atoms with Crippen LogP contribution >= 0.6 is 11.5 Å². The van der Waals surface area contributed by atoms with Crippen molar-refractivity contribution in [3.8, 4) is 17.3 Å². The Morgan fingerprint density at radius 1 is 1.17 bits per heavy atom. The molecular weight excluding hydrogens is 320 g/mol. The topological polar surface area (TPSA) is 78.7 Å². The zero-order chi connectivity index (χ0) is 16.8. The third kappa shape index (κ3) is 3.72. The van der Waals surface area contributed by atoms with Crippen LogP contribution in [0.2, 0.25) is 0 Å². The molecule has 3 aromatic rings. The molecule has 3 rings (SSSR count). The van der Waals surface area contributed by atoms with Gasteiger partial charge in [0.2, 0.25) is 5.91 Å². The van der Waals surface area contributed by atoms with Gasteiger partial charge in [-0.25, -0.2) is 0 Å². The summed E-state index contributed by atoms with van der Waals surface area (Å²) in [5.41, 5.74) is 3.68. The van der Waals surface area contributed by atoms with E-state index in [1.165, 1.54) is 17.6 Å². The molecule has 24 heavy (non-hydrogen) atoms. The zero-order valence-electron chi connectivity index (χ0n) is 12.5. The predicted octanol–water partition coefficient (Wildman–Crippen LogP) is 3.73. The van der Waals surface area contributed by atoms with E-state index in [9.17, 15) is 4.79 Å². The number of anilines is 1. The summed E-state index contributed by atoms with van der Waals surface area (Å²) in [6.45, 7) is 0. The molecular formula is C18H12N4OS. The molecule has 0 aliphatic carbocycles. The van der Waals surface area contributed by atoms with E-state index in [0.717, 1.165) is 11.3 Å². The lowest BCUT2D eigenvalue weighted by Crippen LogP contribution is -2.07. The summed E-state index contributed by atoms with van der Waals surface area (Å²) >= 11 is 1.29. The first-order chi connectivity index (χ1) is 11.8. The smallest absolute Gasteiger partial charge is 0.248 e. The first kappa shape index (κ1) is 15.6. The monoisotopic (exact) mass is 332 g/mol. The molecule has 0 unspecified atom stereocenters. The number of hydrogen-bond acceptors (Lipinski definition) is 5. The molecule has 1 N–H and O–H groups in total. The number of aromatic nitrogens is 2. The Kier molecular flexibility index (Phi) is 4.75. The van der Waals surface area contributed by atoms with Gasteiger partial charge in [-0.15, -0.1) is 5.10 Å². The van der Waals surface area contributed by atoms with E-state index in [2.05, 4.69) is 21.0 Å². The average molecular weight is 332 g/mol. The van der Waals surface area contributed by atoms with Crippen molar-refractivity contribution in [1.29, 1.82) is 5.26 Å². The second-order valence-electron chi connectivity index (χ2n) is 4.89. The average Bonchev–Trinajstić information content (AvgIpc) is 3.15. The van der Waals surface area contributed by atoms with Crippen LogP contribution in [-0.2, 0) is 4.79 Å². The lowest BCUT2D eigenvalue weighted by atomic mass is 10.1. The fourth-order valence-electron chi connectivity index (χ4n) is 2.11. The standard InChI is InChI=1S/C18H12N4OS/c19-11-15-4-2-1-3-13(15)7-10-18(23)20-16-8-5-14(6-9-16)17-12-24-22-21-17/h1-10,12H,(H,20,23)/b10-7+. The maximum absolute atomic E-state index is 12.0. The maximum atomic E-state index is 12.0. The van der Waals surface area contributed by atoms with Crippen molar-refractivity contribution in [2.75, 3.05) is 5.32 Å². The number of rotatable bonds is 4. The summed E-state index contributed by atoms with van der Waals surface area (Å²) in [6.07, 6.45) is 3.04. The Balaban J connectivity index is 1.67. The van der Waals surface area contributed by atoms with E-state index in [4.69, 9.17) is 5.26 Å². The molecule has 1 aromatic heterocycles. The first-order valence-corrected chi connectivity index (χ1v) is 7.95. The molecule has 0 aliphatic rings. The summed E-state index contributed by atoms with van der Waals surface area (Å²) in [7, 11) is 0. The molecule has 0 radical (unpaired) electrons. The molecule has 2 aromatic carbocycles. The van der Waals surface area contributed by atoms with Crippen LogP contribution in [0.5, 0.6) is 0 Å². The van der Waals surface area contributed by atoms with Gasteiger partial charge in [-0.2, -0.15) is 5.26 Å². The molecule has 0 saturated heterocycles. The second-order valence-corrected chi connectivity index (χ2v) is 5.50. The van der Waals surface area contributed by atoms with Crippen molar-refractivity contribution in [1.82, 2.24) is 9.59 Å². The highest BCUT2D eigenvalue weighted by atomic mass is 32.1. The van der Waals surface area contributed by atoms with Gasteiger partial charge in [0.05, 0.1) is 11.6 Å². The number of nitrogens with one attached hydrogen (secondary N) is 1. The lowest BCUT2D eigenvalue weighted by Gasteiger charge is -2.03. The van der Waals surface area contributed by atoms with Crippen molar-refractivity contribution < 1.29 is 4.79 Å². The number of carbonyl (C=O) groups excluding carboxylic acids is 1.